The number of amides is 1. The van der Waals surface area contributed by atoms with Crippen molar-refractivity contribution in [2.45, 2.75) is 82.2 Å². The minimum atomic E-state index is 0.0139. The molecule has 1 aromatic rings. The Morgan fingerprint density at radius 1 is 1.10 bits per heavy atom. The maximum Gasteiger partial charge on any atom is 0.254 e. The first kappa shape index (κ1) is 23.5. The smallest absolute Gasteiger partial charge is 0.254 e. The molecule has 1 heterocycles. The lowest BCUT2D eigenvalue weighted by molar-refractivity contribution is -0.115. The van der Waals surface area contributed by atoms with Gasteiger partial charge in [-0.05, 0) is 68.7 Å². The zero-order chi connectivity index (χ0) is 21.3. The average molecular weight is 450 g/mol. The third kappa shape index (κ3) is 6.95. The van der Waals surface area contributed by atoms with Crippen LogP contribution in [0.1, 0.15) is 81.5 Å². The predicted octanol–water partition coefficient (Wildman–Crippen LogP) is 5.27. The summed E-state index contributed by atoms with van der Waals surface area (Å²) >= 11 is 1.66. The molecule has 2 saturated carbocycles. The van der Waals surface area contributed by atoms with Crippen molar-refractivity contribution in [2.75, 3.05) is 17.6 Å². The number of hydrogen-bond acceptors (Lipinski definition) is 5. The molecule has 0 aliphatic heterocycles. The average Bonchev–Trinajstić information content (AvgIpc) is 2.77. The Labute approximate surface area is 187 Å². The molecule has 2 N–H and O–H groups in total. The maximum atomic E-state index is 12.9. The van der Waals surface area contributed by atoms with Gasteiger partial charge in [0.25, 0.3) is 5.91 Å². The van der Waals surface area contributed by atoms with Crippen LogP contribution in [0.4, 0.5) is 5.82 Å². The van der Waals surface area contributed by atoms with Crippen molar-refractivity contribution < 1.29 is 9.59 Å². The van der Waals surface area contributed by atoms with E-state index in [9.17, 15) is 9.59 Å². The van der Waals surface area contributed by atoms with E-state index in [1.165, 1.54) is 19.3 Å². The first-order chi connectivity index (χ1) is 14.6. The van der Waals surface area contributed by atoms with Gasteiger partial charge in [-0.2, -0.15) is 0 Å². The van der Waals surface area contributed by atoms with Crippen LogP contribution in [0.5, 0.6) is 0 Å². The number of thioether (sulfide) groups is 1. The number of nitrogens with one attached hydrogen (secondary N) is 2. The summed E-state index contributed by atoms with van der Waals surface area (Å²) in [5.41, 5.74) is 0.951. The van der Waals surface area contributed by atoms with E-state index in [2.05, 4.69) is 26.8 Å². The third-order valence-electron chi connectivity index (χ3n) is 6.31. The van der Waals surface area contributed by atoms with E-state index in [0.29, 0.717) is 17.5 Å². The van der Waals surface area contributed by atoms with Gasteiger partial charge in [0.1, 0.15) is 10.8 Å². The molecule has 2 fully saturated rings. The van der Waals surface area contributed by atoms with E-state index < -0.39 is 0 Å². The highest BCUT2D eigenvalue weighted by molar-refractivity contribution is 7.99. The Morgan fingerprint density at radius 2 is 1.83 bits per heavy atom. The highest BCUT2D eigenvalue weighted by Crippen LogP contribution is 2.31. The third-order valence-corrected chi connectivity index (χ3v) is 7.98. The van der Waals surface area contributed by atoms with Gasteiger partial charge < -0.3 is 10.6 Å². The van der Waals surface area contributed by atoms with Gasteiger partial charge in [-0.15, -0.1) is 11.8 Å². The van der Waals surface area contributed by atoms with Crippen LogP contribution in [0.3, 0.4) is 0 Å². The van der Waals surface area contributed by atoms with Crippen LogP contribution in [0, 0.1) is 11.8 Å². The zero-order valence-electron chi connectivity index (χ0n) is 18.1. The summed E-state index contributed by atoms with van der Waals surface area (Å²) in [5.74, 6) is 2.61. The summed E-state index contributed by atoms with van der Waals surface area (Å²) in [4.78, 5) is 29.2. The van der Waals surface area contributed by atoms with Crippen LogP contribution in [0.2, 0.25) is 0 Å². The SMILES string of the molecule is CCCSc1nc(NCC2CCC(C(=O)P)CC2)ccc1C(=O)NC1CCCCC1. The Morgan fingerprint density at radius 3 is 2.50 bits per heavy atom. The Kier molecular flexibility index (Phi) is 9.45. The largest absolute Gasteiger partial charge is 0.370 e. The van der Waals surface area contributed by atoms with Crippen LogP contribution in [-0.2, 0) is 4.79 Å². The van der Waals surface area contributed by atoms with Crippen molar-refractivity contribution in [2.24, 2.45) is 11.8 Å². The number of carbonyl (C=O) groups is 2. The van der Waals surface area contributed by atoms with E-state index >= 15 is 0 Å². The highest BCUT2D eigenvalue weighted by atomic mass is 32.2. The second kappa shape index (κ2) is 12.0. The minimum absolute atomic E-state index is 0.0139. The standard InChI is InChI=1S/C23H36N3O2PS/c1-2-14-30-22-19(21(27)25-18-6-4-3-5-7-18)12-13-20(26-22)24-15-16-8-10-17(11-9-16)23(28)29/h12-13,16-18H,2-11,14-15,29H2,1H3,(H,24,26)(H,25,27). The van der Waals surface area contributed by atoms with Gasteiger partial charge in [-0.1, -0.05) is 35.4 Å². The molecular formula is C23H36N3O2PS. The van der Waals surface area contributed by atoms with Crippen molar-refractivity contribution in [3.8, 4) is 0 Å². The van der Waals surface area contributed by atoms with Gasteiger partial charge in [0.2, 0.25) is 0 Å². The van der Waals surface area contributed by atoms with Crippen LogP contribution >= 0.6 is 21.0 Å². The fourth-order valence-corrected chi connectivity index (χ4v) is 5.64. The molecule has 3 rings (SSSR count). The number of carbonyl (C=O) groups excluding carboxylic acids is 2. The van der Waals surface area contributed by atoms with Crippen LogP contribution < -0.4 is 10.6 Å². The van der Waals surface area contributed by atoms with E-state index in [1.807, 2.05) is 12.1 Å². The first-order valence-electron chi connectivity index (χ1n) is 11.5. The lowest BCUT2D eigenvalue weighted by atomic mass is 9.82. The lowest BCUT2D eigenvalue weighted by Gasteiger charge is -2.27. The van der Waals surface area contributed by atoms with Crippen molar-refractivity contribution >= 4 is 38.3 Å². The van der Waals surface area contributed by atoms with Crippen molar-refractivity contribution in [3.05, 3.63) is 17.7 Å². The quantitative estimate of drug-likeness (QED) is 0.397. The summed E-state index contributed by atoms with van der Waals surface area (Å²) < 4.78 is 0. The Balaban J connectivity index is 1.59. The van der Waals surface area contributed by atoms with Crippen LogP contribution in [0.25, 0.3) is 0 Å². The molecule has 30 heavy (non-hydrogen) atoms. The molecule has 0 aromatic carbocycles. The van der Waals surface area contributed by atoms with Crippen molar-refractivity contribution in [1.82, 2.24) is 10.3 Å². The molecule has 2 aliphatic carbocycles. The molecule has 7 heteroatoms. The van der Waals surface area contributed by atoms with Gasteiger partial charge in [0.05, 0.1) is 5.56 Å². The molecule has 1 unspecified atom stereocenters. The van der Waals surface area contributed by atoms with Crippen molar-refractivity contribution in [1.29, 1.82) is 0 Å². The highest BCUT2D eigenvalue weighted by Gasteiger charge is 2.24. The number of nitrogens with zero attached hydrogens (tertiary/aromatic N) is 1. The number of aromatic nitrogens is 1. The molecular weight excluding hydrogens is 413 g/mol. The molecule has 1 amide bonds. The zero-order valence-corrected chi connectivity index (χ0v) is 20.1. The second-order valence-electron chi connectivity index (χ2n) is 8.71. The van der Waals surface area contributed by atoms with Gasteiger partial charge in [0, 0.05) is 18.5 Å². The van der Waals surface area contributed by atoms with Gasteiger partial charge in [0.15, 0.2) is 5.52 Å². The van der Waals surface area contributed by atoms with E-state index in [4.69, 9.17) is 4.98 Å². The summed E-state index contributed by atoms with van der Waals surface area (Å²) in [6.45, 7) is 3.02. The number of rotatable bonds is 9. The Bertz CT molecular complexity index is 716. The summed E-state index contributed by atoms with van der Waals surface area (Å²) in [6.07, 6.45) is 11.0. The molecule has 1 atom stereocenters. The number of pyridine rings is 1. The van der Waals surface area contributed by atoms with E-state index in [1.54, 1.807) is 11.8 Å². The van der Waals surface area contributed by atoms with Crippen molar-refractivity contribution in [3.63, 3.8) is 0 Å². The fourth-order valence-electron chi connectivity index (χ4n) is 4.43. The van der Waals surface area contributed by atoms with Crippen LogP contribution in [-0.4, -0.2) is 34.8 Å². The van der Waals surface area contributed by atoms with Gasteiger partial charge in [-0.3, -0.25) is 9.59 Å². The molecule has 166 valence electrons. The normalized spacial score (nSPS) is 22.5. The van der Waals surface area contributed by atoms with E-state index in [-0.39, 0.29) is 17.3 Å². The summed E-state index contributed by atoms with van der Waals surface area (Å²) in [6, 6.07) is 4.16. The van der Waals surface area contributed by atoms with Gasteiger partial charge in [-0.25, -0.2) is 4.98 Å². The molecule has 2 aliphatic rings. The minimum Gasteiger partial charge on any atom is -0.370 e. The molecule has 1 aromatic heterocycles. The molecule has 0 saturated heterocycles. The van der Waals surface area contributed by atoms with E-state index in [0.717, 1.165) is 68.1 Å². The first-order valence-corrected chi connectivity index (χ1v) is 13.1. The molecule has 5 nitrogen and oxygen atoms in total. The topological polar surface area (TPSA) is 71.1 Å². The van der Waals surface area contributed by atoms with Gasteiger partial charge >= 0.3 is 0 Å². The molecule has 0 bridgehead atoms. The summed E-state index contributed by atoms with van der Waals surface area (Å²) in [7, 11) is 2.34. The second-order valence-corrected chi connectivity index (χ2v) is 10.4. The lowest BCUT2D eigenvalue weighted by Crippen LogP contribution is -2.36. The summed E-state index contributed by atoms with van der Waals surface area (Å²) in [5, 5.41) is 7.53. The number of hydrogen-bond donors (Lipinski definition) is 2. The molecule has 0 spiro atoms. The van der Waals surface area contributed by atoms with Crippen LogP contribution in [0.15, 0.2) is 17.2 Å². The number of anilines is 1. The molecule has 0 radical (unpaired) electrons. The Hall–Kier alpha value is -1.13. The predicted molar refractivity (Wildman–Crippen MR) is 128 cm³/mol. The maximum absolute atomic E-state index is 12.9. The monoisotopic (exact) mass is 449 g/mol. The fraction of sp³-hybridized carbons (Fsp3) is 0.696.